The zero-order valence-electron chi connectivity index (χ0n) is 37.6. The molecule has 1 aromatic carbocycles. The molecule has 3 saturated heterocycles. The molecular weight excluding hydrogens is 788 g/mol. The first-order valence-electron chi connectivity index (χ1n) is 22.8. The van der Waals surface area contributed by atoms with Crippen LogP contribution in [0.1, 0.15) is 85.5 Å². The summed E-state index contributed by atoms with van der Waals surface area (Å²) in [5, 5.41) is 16.1. The summed E-state index contributed by atoms with van der Waals surface area (Å²) in [5.74, 6) is -2.66. The summed E-state index contributed by atoms with van der Waals surface area (Å²) in [6, 6.07) is 5.79. The topological polar surface area (TPSA) is 143 Å². The largest absolute Gasteiger partial charge is 0.462 e. The summed E-state index contributed by atoms with van der Waals surface area (Å²) in [6.07, 6.45) is 2.83. The molecule has 2 saturated carbocycles. The van der Waals surface area contributed by atoms with E-state index in [9.17, 15) is 14.3 Å². The number of halogens is 1. The Morgan fingerprint density at radius 1 is 0.869 bits per heavy atom. The van der Waals surface area contributed by atoms with Gasteiger partial charge in [0.1, 0.15) is 30.2 Å². The van der Waals surface area contributed by atoms with E-state index in [-0.39, 0.29) is 84.2 Å². The molecule has 6 aliphatic rings. The number of ketones is 1. The molecule has 0 amide bonds. The first kappa shape index (κ1) is 46.5. The third-order valence-corrected chi connectivity index (χ3v) is 15.1. The highest BCUT2D eigenvalue weighted by atomic mass is 19.1. The van der Waals surface area contributed by atoms with E-state index in [0.29, 0.717) is 43.4 Å². The second-order valence-corrected chi connectivity index (χ2v) is 18.8. The van der Waals surface area contributed by atoms with Crippen LogP contribution < -0.4 is 5.32 Å². The number of anilines is 1. The highest BCUT2D eigenvalue weighted by Gasteiger charge is 2.60. The number of cyclic esters (lactones) is 1. The van der Waals surface area contributed by atoms with E-state index >= 15 is 4.79 Å². The van der Waals surface area contributed by atoms with Gasteiger partial charge in [-0.25, -0.2) is 4.39 Å². The summed E-state index contributed by atoms with van der Waals surface area (Å²) in [4.78, 5) is 31.3. The number of carbonyl (C=O) groups excluding carboxylic acids is 2. The zero-order valence-corrected chi connectivity index (χ0v) is 37.6. The van der Waals surface area contributed by atoms with Crippen LogP contribution in [0.15, 0.2) is 35.9 Å². The Morgan fingerprint density at radius 3 is 2.23 bits per heavy atom. The van der Waals surface area contributed by atoms with Crippen LogP contribution in [0.25, 0.3) is 0 Å². The van der Waals surface area contributed by atoms with Gasteiger partial charge in [-0.05, 0) is 133 Å². The number of hydrogen-bond acceptors (Lipinski definition) is 13. The summed E-state index contributed by atoms with van der Waals surface area (Å²) >= 11 is 0. The molecule has 3 aliphatic carbocycles. The number of ether oxygens (including phenoxy) is 8. The standard InChI is InChI=1S/C47H71FN2O11/c1-10-29-12-11-13-37(61-39-19-18-36(50(5)6)25(3)57-39)24(2)42(52)35-22-32-31-20-30(60-47-46(56-9)45(55-8)44(54-7)26(4)58-47)21-34(31)43(53)41(40(32)33(35)23-38(51)59-29)49-28-16-14-27(48)15-17-28/h14-17,22,24-26,29-34,36-37,39-41,43-47,49,53H,10-13,18-21,23H2,1-9H3/t24-,25?,26?,29+,30+,31+,32+,33-,34-,36+,37+,39+,40-,41-,43-,44+,45?,46+,47+/m1/s1. The van der Waals surface area contributed by atoms with Crippen LogP contribution in [0.2, 0.25) is 0 Å². The molecule has 0 spiro atoms. The predicted molar refractivity (Wildman–Crippen MR) is 225 cm³/mol. The van der Waals surface area contributed by atoms with Crippen LogP contribution in [0.4, 0.5) is 10.1 Å². The first-order valence-corrected chi connectivity index (χ1v) is 22.8. The van der Waals surface area contributed by atoms with Gasteiger partial charge >= 0.3 is 5.97 Å². The van der Waals surface area contributed by atoms with E-state index in [2.05, 4.69) is 37.3 Å². The molecule has 342 valence electrons. The van der Waals surface area contributed by atoms with E-state index in [4.69, 9.17) is 37.9 Å². The summed E-state index contributed by atoms with van der Waals surface area (Å²) in [6.45, 7) is 7.98. The fourth-order valence-corrected chi connectivity index (χ4v) is 11.9. The molecule has 13 nitrogen and oxygen atoms in total. The number of likely N-dealkylation sites (N-methyl/N-ethyl adjacent to an activating group) is 1. The molecule has 19 atom stereocenters. The van der Waals surface area contributed by atoms with Gasteiger partial charge < -0.3 is 53.2 Å². The van der Waals surface area contributed by atoms with Gasteiger partial charge in [0.25, 0.3) is 0 Å². The van der Waals surface area contributed by atoms with Gasteiger partial charge in [-0.2, -0.15) is 0 Å². The molecule has 5 fully saturated rings. The number of Topliss-reactive ketones (excluding diaryl/α,β-unsaturated/α-hetero) is 1. The van der Waals surface area contributed by atoms with Crippen molar-refractivity contribution in [3.63, 3.8) is 0 Å². The summed E-state index contributed by atoms with van der Waals surface area (Å²) < 4.78 is 64.1. The second kappa shape index (κ2) is 20.1. The predicted octanol–water partition coefficient (Wildman–Crippen LogP) is 5.91. The lowest BCUT2D eigenvalue weighted by molar-refractivity contribution is -0.314. The Morgan fingerprint density at radius 2 is 1.57 bits per heavy atom. The Hall–Kier alpha value is -2.53. The molecular formula is C47H71FN2O11. The van der Waals surface area contributed by atoms with E-state index in [1.807, 2.05) is 20.8 Å². The van der Waals surface area contributed by atoms with Crippen molar-refractivity contribution in [3.8, 4) is 0 Å². The lowest BCUT2D eigenvalue weighted by Gasteiger charge is -2.47. The van der Waals surface area contributed by atoms with Gasteiger partial charge in [0, 0.05) is 44.9 Å². The average molecular weight is 859 g/mol. The molecule has 0 aromatic heterocycles. The lowest BCUT2D eigenvalue weighted by atomic mass is 9.62. The summed E-state index contributed by atoms with van der Waals surface area (Å²) in [5.41, 5.74) is 1.23. The van der Waals surface area contributed by atoms with Crippen LogP contribution in [-0.4, -0.2) is 137 Å². The molecule has 3 unspecified atom stereocenters. The molecule has 61 heavy (non-hydrogen) atoms. The van der Waals surface area contributed by atoms with Gasteiger partial charge in [0.05, 0.1) is 43.0 Å². The summed E-state index contributed by atoms with van der Waals surface area (Å²) in [7, 11) is 8.98. The Balaban J connectivity index is 1.21. The highest BCUT2D eigenvalue weighted by molar-refractivity contribution is 5.99. The number of allylic oxidation sites excluding steroid dienone is 2. The van der Waals surface area contributed by atoms with Crippen molar-refractivity contribution in [1.29, 1.82) is 0 Å². The minimum Gasteiger partial charge on any atom is -0.462 e. The number of rotatable bonds is 11. The maximum atomic E-state index is 15.1. The van der Waals surface area contributed by atoms with Gasteiger partial charge in [-0.1, -0.05) is 19.9 Å². The monoisotopic (exact) mass is 859 g/mol. The van der Waals surface area contributed by atoms with Crippen molar-refractivity contribution in [2.45, 2.75) is 165 Å². The normalized spacial score (nSPS) is 43.3. The fraction of sp³-hybridized carbons (Fsp3) is 0.787. The van der Waals surface area contributed by atoms with E-state index in [1.165, 1.54) is 12.1 Å². The van der Waals surface area contributed by atoms with Gasteiger partial charge in [0.2, 0.25) is 0 Å². The van der Waals surface area contributed by atoms with Crippen LogP contribution in [0, 0.1) is 41.3 Å². The van der Waals surface area contributed by atoms with Gasteiger partial charge in [0.15, 0.2) is 18.4 Å². The fourth-order valence-electron chi connectivity index (χ4n) is 11.9. The maximum absolute atomic E-state index is 15.1. The molecule has 0 radical (unpaired) electrons. The maximum Gasteiger partial charge on any atom is 0.306 e. The van der Waals surface area contributed by atoms with Crippen LogP contribution in [0.5, 0.6) is 0 Å². The van der Waals surface area contributed by atoms with Crippen molar-refractivity contribution in [2.75, 3.05) is 40.7 Å². The quantitative estimate of drug-likeness (QED) is 0.255. The molecule has 1 aromatic rings. The van der Waals surface area contributed by atoms with E-state index in [0.717, 1.165) is 19.3 Å². The van der Waals surface area contributed by atoms with Crippen molar-refractivity contribution < 1.29 is 57.0 Å². The number of carbonyl (C=O) groups is 2. The molecule has 0 bridgehead atoms. The number of methoxy groups -OCH3 is 3. The molecule has 3 aliphatic heterocycles. The first-order chi connectivity index (χ1) is 29.3. The van der Waals surface area contributed by atoms with E-state index in [1.54, 1.807) is 33.5 Å². The number of nitrogens with one attached hydrogen (secondary N) is 1. The third-order valence-electron chi connectivity index (χ3n) is 15.1. The van der Waals surface area contributed by atoms with E-state index < -0.39 is 54.9 Å². The number of aliphatic hydroxyl groups excluding tert-OH is 1. The van der Waals surface area contributed by atoms with Crippen LogP contribution in [-0.2, 0) is 47.5 Å². The number of hydrogen-bond donors (Lipinski definition) is 2. The molecule has 3 heterocycles. The SMILES string of the molecule is CC[C@H]1CCC[C@H](O[C@H]2CC[C@H](N(C)C)C(C)O2)[C@@H](C)C(=O)C2=C[C@H]3[C@@H]4C[C@H](O[C@@H]5OC(C)[C@H](OC)C(OC)[C@@H]5OC)C[C@H]4[C@@H](O)[C@H](Nc4ccc(F)cc4)[C@H]3[C@@H]2CC(=O)O1. The average Bonchev–Trinajstić information content (AvgIpc) is 3.82. The van der Waals surface area contributed by atoms with Crippen molar-refractivity contribution >= 4 is 17.4 Å². The minimum atomic E-state index is -0.882. The molecule has 2 N–H and O–H groups in total. The van der Waals surface area contributed by atoms with Crippen molar-refractivity contribution in [1.82, 2.24) is 4.90 Å². The minimum absolute atomic E-state index is 0.00329. The van der Waals surface area contributed by atoms with Gasteiger partial charge in [-0.15, -0.1) is 0 Å². The Bertz CT molecular complexity index is 1660. The van der Waals surface area contributed by atoms with Crippen LogP contribution >= 0.6 is 0 Å². The van der Waals surface area contributed by atoms with Crippen LogP contribution in [0.3, 0.4) is 0 Å². The number of fused-ring (bicyclic) bond motifs is 5. The highest BCUT2D eigenvalue weighted by Crippen LogP contribution is 2.57. The second-order valence-electron chi connectivity index (χ2n) is 18.8. The third kappa shape index (κ3) is 9.78. The Kier molecular flexibility index (Phi) is 15.3. The van der Waals surface area contributed by atoms with Crippen molar-refractivity contribution in [2.24, 2.45) is 35.5 Å². The number of benzene rings is 1. The number of nitrogens with zero attached hydrogens (tertiary/aromatic N) is 1. The van der Waals surface area contributed by atoms with Gasteiger partial charge in [-0.3, -0.25) is 9.59 Å². The zero-order chi connectivity index (χ0) is 43.7. The lowest BCUT2D eigenvalue weighted by Crippen LogP contribution is -2.59. The number of esters is 1. The Labute approximate surface area is 361 Å². The number of aliphatic hydroxyl groups is 1. The smallest absolute Gasteiger partial charge is 0.306 e. The van der Waals surface area contributed by atoms with Crippen molar-refractivity contribution in [3.05, 3.63) is 41.7 Å². The molecule has 7 rings (SSSR count). The molecule has 14 heteroatoms.